The third kappa shape index (κ3) is 3.36. The lowest BCUT2D eigenvalue weighted by Gasteiger charge is -2.33. The molecule has 5 heteroatoms. The zero-order valence-electron chi connectivity index (χ0n) is 13.6. The average Bonchev–Trinajstić information content (AvgIpc) is 3.07. The maximum Gasteiger partial charge on any atom is 0.298 e. The minimum atomic E-state index is 0.715. The maximum atomic E-state index is 5.85. The number of hydrogen-bond acceptors (Lipinski definition) is 5. The minimum absolute atomic E-state index is 0.715. The van der Waals surface area contributed by atoms with Gasteiger partial charge >= 0.3 is 0 Å². The molecule has 0 aliphatic carbocycles. The first-order valence-corrected chi connectivity index (χ1v) is 8.39. The molecule has 1 aliphatic heterocycles. The van der Waals surface area contributed by atoms with Crippen LogP contribution in [0.1, 0.15) is 0 Å². The van der Waals surface area contributed by atoms with Crippen LogP contribution in [0.4, 0.5) is 6.01 Å². The minimum Gasteiger partial charge on any atom is -0.492 e. The fourth-order valence-corrected chi connectivity index (χ4v) is 2.97. The Morgan fingerprint density at radius 1 is 0.917 bits per heavy atom. The molecule has 0 N–H and O–H groups in total. The average molecular weight is 323 g/mol. The molecule has 1 aromatic heterocycles. The summed E-state index contributed by atoms with van der Waals surface area (Å²) >= 11 is 0. The van der Waals surface area contributed by atoms with Crippen LogP contribution in [0.5, 0.6) is 5.75 Å². The highest BCUT2D eigenvalue weighted by Gasteiger charge is 2.20. The molecular formula is C19H21N3O2. The number of oxazole rings is 1. The predicted octanol–water partition coefficient (Wildman–Crippen LogP) is 3.03. The number of ether oxygens (including phenoxy) is 1. The van der Waals surface area contributed by atoms with E-state index in [9.17, 15) is 0 Å². The van der Waals surface area contributed by atoms with Gasteiger partial charge in [-0.15, -0.1) is 0 Å². The number of para-hydroxylation sites is 3. The van der Waals surface area contributed by atoms with Crippen LogP contribution in [0.25, 0.3) is 11.1 Å². The number of piperazine rings is 1. The number of fused-ring (bicyclic) bond motifs is 1. The summed E-state index contributed by atoms with van der Waals surface area (Å²) in [6.07, 6.45) is 0. The summed E-state index contributed by atoms with van der Waals surface area (Å²) in [6, 6.07) is 18.6. The number of aromatic nitrogens is 1. The van der Waals surface area contributed by atoms with Crippen LogP contribution in [0.2, 0.25) is 0 Å². The molecule has 1 aliphatic rings. The highest BCUT2D eigenvalue weighted by atomic mass is 16.5. The number of anilines is 1. The number of hydrogen-bond donors (Lipinski definition) is 0. The van der Waals surface area contributed by atoms with Crippen molar-refractivity contribution in [3.8, 4) is 5.75 Å². The smallest absolute Gasteiger partial charge is 0.298 e. The molecule has 4 rings (SSSR count). The van der Waals surface area contributed by atoms with E-state index >= 15 is 0 Å². The molecule has 0 bridgehead atoms. The molecule has 0 spiro atoms. The number of nitrogens with zero attached hydrogens (tertiary/aromatic N) is 3. The first-order chi connectivity index (χ1) is 11.9. The summed E-state index contributed by atoms with van der Waals surface area (Å²) < 4.78 is 11.6. The normalized spacial score (nSPS) is 15.8. The third-order valence-corrected chi connectivity index (χ3v) is 4.34. The largest absolute Gasteiger partial charge is 0.492 e. The first kappa shape index (κ1) is 15.0. The molecular weight excluding hydrogens is 302 g/mol. The molecule has 24 heavy (non-hydrogen) atoms. The number of benzene rings is 2. The van der Waals surface area contributed by atoms with Crippen molar-refractivity contribution in [3.05, 3.63) is 54.6 Å². The van der Waals surface area contributed by atoms with Gasteiger partial charge in [0, 0.05) is 32.7 Å². The van der Waals surface area contributed by atoms with E-state index in [1.54, 1.807) is 0 Å². The van der Waals surface area contributed by atoms with Gasteiger partial charge in [0.05, 0.1) is 0 Å². The first-order valence-electron chi connectivity index (χ1n) is 8.39. The van der Waals surface area contributed by atoms with Gasteiger partial charge in [0.25, 0.3) is 6.01 Å². The molecule has 1 saturated heterocycles. The van der Waals surface area contributed by atoms with Crippen LogP contribution >= 0.6 is 0 Å². The van der Waals surface area contributed by atoms with Gasteiger partial charge in [-0.25, -0.2) is 0 Å². The Kier molecular flexibility index (Phi) is 4.34. The van der Waals surface area contributed by atoms with E-state index in [-0.39, 0.29) is 0 Å². The van der Waals surface area contributed by atoms with Crippen molar-refractivity contribution in [2.24, 2.45) is 0 Å². The van der Waals surface area contributed by atoms with Crippen LogP contribution in [0.15, 0.2) is 59.0 Å². The zero-order valence-corrected chi connectivity index (χ0v) is 13.6. The molecule has 5 nitrogen and oxygen atoms in total. The Morgan fingerprint density at radius 3 is 2.46 bits per heavy atom. The van der Waals surface area contributed by atoms with E-state index in [4.69, 9.17) is 9.15 Å². The Balaban J connectivity index is 1.27. The molecule has 0 saturated carbocycles. The highest BCUT2D eigenvalue weighted by Crippen LogP contribution is 2.22. The standard InChI is InChI=1S/C19H21N3O2/c1-2-6-16(7-3-1)23-15-14-21-10-12-22(13-11-21)19-20-17-8-4-5-9-18(17)24-19/h1-9H,10-15H2. The van der Waals surface area contributed by atoms with Crippen molar-refractivity contribution in [2.75, 3.05) is 44.2 Å². The Morgan fingerprint density at radius 2 is 1.67 bits per heavy atom. The summed E-state index contributed by atoms with van der Waals surface area (Å²) in [5.41, 5.74) is 1.78. The lowest BCUT2D eigenvalue weighted by atomic mass is 10.3. The third-order valence-electron chi connectivity index (χ3n) is 4.34. The molecule has 2 heterocycles. The molecule has 124 valence electrons. The summed E-state index contributed by atoms with van der Waals surface area (Å²) in [5.74, 6) is 0.933. The van der Waals surface area contributed by atoms with Gasteiger partial charge in [-0.1, -0.05) is 30.3 Å². The van der Waals surface area contributed by atoms with Crippen molar-refractivity contribution in [1.82, 2.24) is 9.88 Å². The van der Waals surface area contributed by atoms with Crippen LogP contribution < -0.4 is 9.64 Å². The summed E-state index contributed by atoms with van der Waals surface area (Å²) in [6.45, 7) is 5.51. The van der Waals surface area contributed by atoms with E-state index in [2.05, 4.69) is 14.8 Å². The zero-order chi connectivity index (χ0) is 16.2. The van der Waals surface area contributed by atoms with Crippen LogP contribution in [0, 0.1) is 0 Å². The van der Waals surface area contributed by atoms with Crippen molar-refractivity contribution in [2.45, 2.75) is 0 Å². The summed E-state index contributed by atoms with van der Waals surface area (Å²) in [5, 5.41) is 0. The molecule has 0 atom stereocenters. The van der Waals surface area contributed by atoms with Crippen LogP contribution in [-0.4, -0.2) is 49.2 Å². The van der Waals surface area contributed by atoms with Gasteiger partial charge < -0.3 is 14.1 Å². The van der Waals surface area contributed by atoms with Crippen molar-refractivity contribution in [3.63, 3.8) is 0 Å². The fourth-order valence-electron chi connectivity index (χ4n) is 2.97. The molecule has 3 aromatic rings. The molecule has 2 aromatic carbocycles. The SMILES string of the molecule is c1ccc(OCCN2CCN(c3nc4ccccc4o3)CC2)cc1. The van der Waals surface area contributed by atoms with E-state index in [0.717, 1.165) is 55.6 Å². The van der Waals surface area contributed by atoms with Gasteiger partial charge in [-0.3, -0.25) is 4.90 Å². The topological polar surface area (TPSA) is 41.7 Å². The monoisotopic (exact) mass is 323 g/mol. The van der Waals surface area contributed by atoms with E-state index in [0.29, 0.717) is 6.61 Å². The van der Waals surface area contributed by atoms with Gasteiger partial charge in [-0.05, 0) is 24.3 Å². The van der Waals surface area contributed by atoms with Crippen molar-refractivity contribution < 1.29 is 9.15 Å². The Bertz CT molecular complexity index is 746. The second-order valence-corrected chi connectivity index (χ2v) is 5.95. The van der Waals surface area contributed by atoms with Crippen LogP contribution in [0.3, 0.4) is 0 Å². The van der Waals surface area contributed by atoms with Gasteiger partial charge in [0.1, 0.15) is 17.9 Å². The number of rotatable bonds is 5. The quantitative estimate of drug-likeness (QED) is 0.722. The second-order valence-electron chi connectivity index (χ2n) is 5.95. The predicted molar refractivity (Wildman–Crippen MR) is 94.6 cm³/mol. The lowest BCUT2D eigenvalue weighted by molar-refractivity contribution is 0.198. The molecule has 0 radical (unpaired) electrons. The van der Waals surface area contributed by atoms with Crippen molar-refractivity contribution >= 4 is 17.1 Å². The van der Waals surface area contributed by atoms with E-state index < -0.39 is 0 Å². The van der Waals surface area contributed by atoms with Gasteiger partial charge in [-0.2, -0.15) is 4.98 Å². The van der Waals surface area contributed by atoms with Crippen LogP contribution in [-0.2, 0) is 0 Å². The summed E-state index contributed by atoms with van der Waals surface area (Å²) in [4.78, 5) is 9.21. The highest BCUT2D eigenvalue weighted by molar-refractivity contribution is 5.74. The molecule has 0 unspecified atom stereocenters. The second kappa shape index (κ2) is 6.93. The van der Waals surface area contributed by atoms with Gasteiger partial charge in [0.2, 0.25) is 0 Å². The fraction of sp³-hybridized carbons (Fsp3) is 0.316. The molecule has 1 fully saturated rings. The maximum absolute atomic E-state index is 5.85. The van der Waals surface area contributed by atoms with Gasteiger partial charge in [0.15, 0.2) is 5.58 Å². The lowest BCUT2D eigenvalue weighted by Crippen LogP contribution is -2.47. The Hall–Kier alpha value is -2.53. The van der Waals surface area contributed by atoms with E-state index in [1.165, 1.54) is 0 Å². The molecule has 0 amide bonds. The van der Waals surface area contributed by atoms with Crippen molar-refractivity contribution in [1.29, 1.82) is 0 Å². The summed E-state index contributed by atoms with van der Waals surface area (Å²) in [7, 11) is 0. The van der Waals surface area contributed by atoms with E-state index in [1.807, 2.05) is 54.6 Å². The Labute approximate surface area is 141 Å².